The molecule has 0 bridgehead atoms. The minimum absolute atomic E-state index is 0.0348. The number of likely N-dealkylation sites (tertiary alicyclic amines) is 1. The first-order valence-electron chi connectivity index (χ1n) is 7.15. The van der Waals surface area contributed by atoms with Crippen LogP contribution in [-0.2, 0) is 14.3 Å². The standard InChI is InChI=1S/C14H24N2O3/c1-14(8-5-7-11(14)15)13(18)16-9-4-3-6-10(16)12(17)19-2/h10-11H,3-9,15H2,1-2H3. The Morgan fingerprint density at radius 1 is 1.26 bits per heavy atom. The van der Waals surface area contributed by atoms with Crippen LogP contribution in [0.4, 0.5) is 0 Å². The van der Waals surface area contributed by atoms with Gasteiger partial charge in [0.15, 0.2) is 0 Å². The van der Waals surface area contributed by atoms with Crippen LogP contribution in [-0.4, -0.2) is 42.5 Å². The SMILES string of the molecule is COC(=O)C1CCCCN1C(=O)C1(C)CCCC1N. The van der Waals surface area contributed by atoms with Crippen molar-refractivity contribution < 1.29 is 14.3 Å². The molecule has 0 aromatic heterocycles. The van der Waals surface area contributed by atoms with Gasteiger partial charge in [-0.2, -0.15) is 0 Å². The van der Waals surface area contributed by atoms with Crippen LogP contribution >= 0.6 is 0 Å². The molecule has 1 aliphatic heterocycles. The van der Waals surface area contributed by atoms with E-state index in [9.17, 15) is 9.59 Å². The highest BCUT2D eigenvalue weighted by atomic mass is 16.5. The molecule has 0 aromatic carbocycles. The number of methoxy groups -OCH3 is 1. The monoisotopic (exact) mass is 268 g/mol. The number of ether oxygens (including phenoxy) is 1. The summed E-state index contributed by atoms with van der Waals surface area (Å²) in [5, 5.41) is 0. The van der Waals surface area contributed by atoms with E-state index in [1.54, 1.807) is 4.90 Å². The quantitative estimate of drug-likeness (QED) is 0.760. The molecule has 1 aliphatic carbocycles. The van der Waals surface area contributed by atoms with E-state index in [0.717, 1.165) is 32.1 Å². The van der Waals surface area contributed by atoms with Crippen molar-refractivity contribution >= 4 is 11.9 Å². The van der Waals surface area contributed by atoms with Crippen molar-refractivity contribution in [3.63, 3.8) is 0 Å². The molecule has 1 saturated carbocycles. The molecule has 2 aliphatic rings. The normalized spacial score (nSPS) is 35.2. The van der Waals surface area contributed by atoms with Gasteiger partial charge in [-0.15, -0.1) is 0 Å². The summed E-state index contributed by atoms with van der Waals surface area (Å²) in [6.07, 6.45) is 5.30. The number of piperidine rings is 1. The van der Waals surface area contributed by atoms with Crippen molar-refractivity contribution in [2.75, 3.05) is 13.7 Å². The Balaban J connectivity index is 2.18. The Labute approximate surface area is 114 Å². The van der Waals surface area contributed by atoms with Gasteiger partial charge in [-0.3, -0.25) is 4.79 Å². The maximum Gasteiger partial charge on any atom is 0.328 e. The van der Waals surface area contributed by atoms with Gasteiger partial charge in [0, 0.05) is 12.6 Å². The third-order valence-electron chi connectivity index (χ3n) is 4.76. The maximum absolute atomic E-state index is 12.8. The van der Waals surface area contributed by atoms with Crippen LogP contribution < -0.4 is 5.73 Å². The predicted octanol–water partition coefficient (Wildman–Crippen LogP) is 1.06. The van der Waals surface area contributed by atoms with Gasteiger partial charge in [0.25, 0.3) is 0 Å². The second kappa shape index (κ2) is 5.49. The molecule has 0 radical (unpaired) electrons. The molecule has 1 saturated heterocycles. The van der Waals surface area contributed by atoms with Gasteiger partial charge in [0.2, 0.25) is 5.91 Å². The van der Waals surface area contributed by atoms with E-state index in [0.29, 0.717) is 13.0 Å². The molecule has 5 heteroatoms. The minimum Gasteiger partial charge on any atom is -0.467 e. The van der Waals surface area contributed by atoms with Crippen LogP contribution in [0.15, 0.2) is 0 Å². The molecule has 19 heavy (non-hydrogen) atoms. The third kappa shape index (κ3) is 2.48. The predicted molar refractivity (Wildman–Crippen MR) is 71.3 cm³/mol. The number of amides is 1. The van der Waals surface area contributed by atoms with E-state index in [-0.39, 0.29) is 17.9 Å². The highest BCUT2D eigenvalue weighted by molar-refractivity contribution is 5.88. The van der Waals surface area contributed by atoms with Crippen LogP contribution in [0.5, 0.6) is 0 Å². The first-order valence-corrected chi connectivity index (χ1v) is 7.15. The Kier molecular flexibility index (Phi) is 4.13. The van der Waals surface area contributed by atoms with E-state index < -0.39 is 11.5 Å². The smallest absolute Gasteiger partial charge is 0.328 e. The van der Waals surface area contributed by atoms with Gasteiger partial charge in [0.1, 0.15) is 6.04 Å². The lowest BCUT2D eigenvalue weighted by atomic mass is 9.82. The van der Waals surface area contributed by atoms with Crippen LogP contribution in [0.2, 0.25) is 0 Å². The molecule has 2 fully saturated rings. The number of carbonyl (C=O) groups is 2. The van der Waals surface area contributed by atoms with Crippen LogP contribution in [0.1, 0.15) is 45.4 Å². The van der Waals surface area contributed by atoms with Crippen LogP contribution in [0.3, 0.4) is 0 Å². The van der Waals surface area contributed by atoms with Gasteiger partial charge in [0.05, 0.1) is 12.5 Å². The zero-order valence-corrected chi connectivity index (χ0v) is 11.9. The molecule has 0 aromatic rings. The summed E-state index contributed by atoms with van der Waals surface area (Å²) in [6.45, 7) is 2.58. The summed E-state index contributed by atoms with van der Waals surface area (Å²) >= 11 is 0. The summed E-state index contributed by atoms with van der Waals surface area (Å²) in [6, 6.07) is -0.518. The number of nitrogens with two attached hydrogens (primary N) is 1. The van der Waals surface area contributed by atoms with Crippen molar-refractivity contribution in [3.05, 3.63) is 0 Å². The van der Waals surface area contributed by atoms with E-state index in [4.69, 9.17) is 10.5 Å². The van der Waals surface area contributed by atoms with Gasteiger partial charge in [-0.1, -0.05) is 6.42 Å². The first kappa shape index (κ1) is 14.3. The van der Waals surface area contributed by atoms with E-state index in [2.05, 4.69) is 0 Å². The largest absolute Gasteiger partial charge is 0.467 e. The molecule has 108 valence electrons. The lowest BCUT2D eigenvalue weighted by Gasteiger charge is -2.40. The second-order valence-electron chi connectivity index (χ2n) is 5.95. The van der Waals surface area contributed by atoms with Crippen molar-refractivity contribution in [1.29, 1.82) is 0 Å². The van der Waals surface area contributed by atoms with Gasteiger partial charge in [-0.25, -0.2) is 4.79 Å². The molecule has 2 N–H and O–H groups in total. The minimum atomic E-state index is -0.510. The Morgan fingerprint density at radius 3 is 2.58 bits per heavy atom. The number of hydrogen-bond donors (Lipinski definition) is 1. The summed E-state index contributed by atoms with van der Waals surface area (Å²) < 4.78 is 4.83. The van der Waals surface area contributed by atoms with Gasteiger partial charge < -0.3 is 15.4 Å². The fourth-order valence-corrected chi connectivity index (χ4v) is 3.34. The number of esters is 1. The molecule has 0 spiro atoms. The van der Waals surface area contributed by atoms with Gasteiger partial charge >= 0.3 is 5.97 Å². The molecule has 1 amide bonds. The Hall–Kier alpha value is -1.10. The number of nitrogens with zero attached hydrogens (tertiary/aromatic N) is 1. The lowest BCUT2D eigenvalue weighted by molar-refractivity contribution is -0.159. The van der Waals surface area contributed by atoms with E-state index in [1.165, 1.54) is 7.11 Å². The summed E-state index contributed by atoms with van der Waals surface area (Å²) in [5.41, 5.74) is 5.60. The van der Waals surface area contributed by atoms with Crippen molar-refractivity contribution in [1.82, 2.24) is 4.90 Å². The molecular weight excluding hydrogens is 244 g/mol. The molecule has 3 atom stereocenters. The maximum atomic E-state index is 12.8. The fourth-order valence-electron chi connectivity index (χ4n) is 3.34. The van der Waals surface area contributed by atoms with E-state index in [1.807, 2.05) is 6.92 Å². The van der Waals surface area contributed by atoms with Crippen LogP contribution in [0, 0.1) is 5.41 Å². The average Bonchev–Trinajstić information content (AvgIpc) is 2.78. The first-order chi connectivity index (χ1) is 9.00. The summed E-state index contributed by atoms with van der Waals surface area (Å²) in [4.78, 5) is 26.3. The molecule has 2 rings (SSSR count). The Bertz CT molecular complexity index is 372. The highest BCUT2D eigenvalue weighted by Crippen LogP contribution is 2.39. The fraction of sp³-hybridized carbons (Fsp3) is 0.857. The Morgan fingerprint density at radius 2 is 2.00 bits per heavy atom. The lowest BCUT2D eigenvalue weighted by Crippen LogP contribution is -2.56. The topological polar surface area (TPSA) is 72.6 Å². The molecule has 1 heterocycles. The van der Waals surface area contributed by atoms with Crippen molar-refractivity contribution in [3.8, 4) is 0 Å². The zero-order chi connectivity index (χ0) is 14.0. The zero-order valence-electron chi connectivity index (χ0n) is 11.9. The van der Waals surface area contributed by atoms with Crippen molar-refractivity contribution in [2.24, 2.45) is 11.1 Å². The molecular formula is C14H24N2O3. The highest BCUT2D eigenvalue weighted by Gasteiger charge is 2.47. The number of hydrogen-bond acceptors (Lipinski definition) is 4. The van der Waals surface area contributed by atoms with Crippen molar-refractivity contribution in [2.45, 2.75) is 57.5 Å². The van der Waals surface area contributed by atoms with Gasteiger partial charge in [-0.05, 0) is 39.0 Å². The third-order valence-corrected chi connectivity index (χ3v) is 4.76. The average molecular weight is 268 g/mol. The van der Waals surface area contributed by atoms with Crippen LogP contribution in [0.25, 0.3) is 0 Å². The summed E-state index contributed by atoms with van der Waals surface area (Å²) in [7, 11) is 1.38. The number of carbonyl (C=O) groups excluding carboxylic acids is 2. The molecule has 3 unspecified atom stereocenters. The second-order valence-corrected chi connectivity index (χ2v) is 5.95. The number of rotatable bonds is 2. The summed E-state index contributed by atoms with van der Waals surface area (Å²) in [5.74, 6) is -0.268. The van der Waals surface area contributed by atoms with E-state index >= 15 is 0 Å². The molecule has 5 nitrogen and oxygen atoms in total.